The van der Waals surface area contributed by atoms with E-state index in [4.69, 9.17) is 11.6 Å². The lowest BCUT2D eigenvalue weighted by Gasteiger charge is -2.20. The first-order valence-corrected chi connectivity index (χ1v) is 9.29. The van der Waals surface area contributed by atoms with E-state index in [0.29, 0.717) is 5.02 Å². The third-order valence-corrected chi connectivity index (χ3v) is 4.86. The highest BCUT2D eigenvalue weighted by Gasteiger charge is 2.07. The van der Waals surface area contributed by atoms with Gasteiger partial charge in [-0.25, -0.2) is 4.98 Å². The molecule has 0 atom stereocenters. The zero-order chi connectivity index (χ0) is 16.9. The minimum atomic E-state index is 0.712. The number of halogens is 1. The highest BCUT2D eigenvalue weighted by molar-refractivity contribution is 7.14. The molecule has 5 heteroatoms. The molecule has 1 aromatic heterocycles. The number of hydrogen-bond donors (Lipinski definition) is 1. The normalized spacial score (nSPS) is 10.6. The van der Waals surface area contributed by atoms with Crippen molar-refractivity contribution in [2.24, 2.45) is 0 Å². The van der Waals surface area contributed by atoms with Gasteiger partial charge in [0.15, 0.2) is 5.13 Å². The van der Waals surface area contributed by atoms with Crippen LogP contribution in [0, 0.1) is 0 Å². The first kappa shape index (κ1) is 16.8. The van der Waals surface area contributed by atoms with Crippen LogP contribution in [0.3, 0.4) is 0 Å². The Bertz CT molecular complexity index is 794. The van der Waals surface area contributed by atoms with Crippen LogP contribution in [0.2, 0.25) is 5.02 Å². The van der Waals surface area contributed by atoms with Crippen molar-refractivity contribution in [1.29, 1.82) is 0 Å². The quantitative estimate of drug-likeness (QED) is 0.581. The first-order valence-electron chi connectivity index (χ1n) is 8.03. The molecule has 0 spiro atoms. The lowest BCUT2D eigenvalue weighted by Crippen LogP contribution is -2.21. The molecule has 0 aliphatic carbocycles. The number of anilines is 3. The van der Waals surface area contributed by atoms with Gasteiger partial charge in [0.2, 0.25) is 0 Å². The summed E-state index contributed by atoms with van der Waals surface area (Å²) in [5.41, 5.74) is 4.30. The van der Waals surface area contributed by atoms with Crippen LogP contribution in [0.15, 0.2) is 53.9 Å². The molecule has 0 fully saturated rings. The third kappa shape index (κ3) is 3.89. The standard InChI is InChI=1S/C19H20ClN3S/c1-3-23(4-2)17-10-8-14(9-11-17)18-13-24-19(22-18)21-16-7-5-6-15(20)12-16/h5-13H,3-4H2,1-2H3,(H,21,22). The van der Waals surface area contributed by atoms with Crippen molar-refractivity contribution >= 4 is 39.4 Å². The molecule has 124 valence electrons. The van der Waals surface area contributed by atoms with Gasteiger partial charge in [-0.1, -0.05) is 29.8 Å². The Morgan fingerprint density at radius 1 is 1.08 bits per heavy atom. The van der Waals surface area contributed by atoms with E-state index in [-0.39, 0.29) is 0 Å². The Balaban J connectivity index is 1.75. The summed E-state index contributed by atoms with van der Waals surface area (Å²) in [7, 11) is 0. The fourth-order valence-electron chi connectivity index (χ4n) is 2.59. The topological polar surface area (TPSA) is 28.2 Å². The highest BCUT2D eigenvalue weighted by atomic mass is 35.5. The van der Waals surface area contributed by atoms with Crippen LogP contribution in [0.25, 0.3) is 11.3 Å². The average Bonchev–Trinajstić information content (AvgIpc) is 3.05. The first-order chi connectivity index (χ1) is 11.7. The second-order valence-corrected chi connectivity index (χ2v) is 6.69. The number of benzene rings is 2. The molecular formula is C19H20ClN3S. The summed E-state index contributed by atoms with van der Waals surface area (Å²) in [4.78, 5) is 7.00. The summed E-state index contributed by atoms with van der Waals surface area (Å²) in [6.45, 7) is 6.37. The SMILES string of the molecule is CCN(CC)c1ccc(-c2csc(Nc3cccc(Cl)c3)n2)cc1. The Hall–Kier alpha value is -2.04. The zero-order valence-corrected chi connectivity index (χ0v) is 15.4. The third-order valence-electron chi connectivity index (χ3n) is 3.87. The predicted octanol–water partition coefficient (Wildman–Crippen LogP) is 6.05. The largest absolute Gasteiger partial charge is 0.372 e. The van der Waals surface area contributed by atoms with E-state index in [9.17, 15) is 0 Å². The lowest BCUT2D eigenvalue weighted by atomic mass is 10.1. The van der Waals surface area contributed by atoms with E-state index in [2.05, 4.69) is 58.7 Å². The molecule has 1 heterocycles. The van der Waals surface area contributed by atoms with Gasteiger partial charge >= 0.3 is 0 Å². The summed E-state index contributed by atoms with van der Waals surface area (Å²) in [6.07, 6.45) is 0. The fourth-order valence-corrected chi connectivity index (χ4v) is 3.52. The Morgan fingerprint density at radius 3 is 2.50 bits per heavy atom. The van der Waals surface area contributed by atoms with Crippen LogP contribution in [-0.4, -0.2) is 18.1 Å². The maximum absolute atomic E-state index is 6.02. The van der Waals surface area contributed by atoms with E-state index < -0.39 is 0 Å². The molecule has 0 radical (unpaired) electrons. The van der Waals surface area contributed by atoms with Crippen molar-refractivity contribution in [3.8, 4) is 11.3 Å². The Labute approximate surface area is 151 Å². The zero-order valence-electron chi connectivity index (χ0n) is 13.8. The fraction of sp³-hybridized carbons (Fsp3) is 0.211. The summed E-state index contributed by atoms with van der Waals surface area (Å²) < 4.78 is 0. The maximum atomic E-state index is 6.02. The monoisotopic (exact) mass is 357 g/mol. The second kappa shape index (κ2) is 7.69. The number of aromatic nitrogens is 1. The maximum Gasteiger partial charge on any atom is 0.187 e. The van der Waals surface area contributed by atoms with Gasteiger partial charge in [-0.05, 0) is 44.2 Å². The van der Waals surface area contributed by atoms with Gasteiger partial charge in [0.1, 0.15) is 0 Å². The smallest absolute Gasteiger partial charge is 0.187 e. The molecule has 3 aromatic rings. The van der Waals surface area contributed by atoms with E-state index >= 15 is 0 Å². The number of rotatable bonds is 6. The average molecular weight is 358 g/mol. The summed E-state index contributed by atoms with van der Waals surface area (Å²) in [5.74, 6) is 0. The molecule has 0 aliphatic rings. The van der Waals surface area contributed by atoms with E-state index in [1.807, 2.05) is 24.3 Å². The van der Waals surface area contributed by atoms with Gasteiger partial charge in [0.25, 0.3) is 0 Å². The minimum Gasteiger partial charge on any atom is -0.372 e. The van der Waals surface area contributed by atoms with Gasteiger partial charge in [0, 0.05) is 40.4 Å². The van der Waals surface area contributed by atoms with Gasteiger partial charge in [-0.3, -0.25) is 0 Å². The minimum absolute atomic E-state index is 0.712. The van der Waals surface area contributed by atoms with Gasteiger partial charge < -0.3 is 10.2 Å². The van der Waals surface area contributed by atoms with Crippen molar-refractivity contribution in [2.75, 3.05) is 23.3 Å². The number of thiazole rings is 1. The van der Waals surface area contributed by atoms with Crippen LogP contribution in [0.1, 0.15) is 13.8 Å². The van der Waals surface area contributed by atoms with Crippen LogP contribution in [0.4, 0.5) is 16.5 Å². The molecule has 0 saturated heterocycles. The highest BCUT2D eigenvalue weighted by Crippen LogP contribution is 2.29. The van der Waals surface area contributed by atoms with Crippen molar-refractivity contribution < 1.29 is 0 Å². The molecular weight excluding hydrogens is 338 g/mol. The summed E-state index contributed by atoms with van der Waals surface area (Å²) in [6, 6.07) is 16.2. The van der Waals surface area contributed by atoms with Crippen LogP contribution >= 0.6 is 22.9 Å². The number of nitrogens with one attached hydrogen (secondary N) is 1. The van der Waals surface area contributed by atoms with Crippen molar-refractivity contribution in [3.63, 3.8) is 0 Å². The van der Waals surface area contributed by atoms with Crippen LogP contribution < -0.4 is 10.2 Å². The van der Waals surface area contributed by atoms with Crippen LogP contribution in [0.5, 0.6) is 0 Å². The molecule has 3 rings (SSSR count). The molecule has 0 unspecified atom stereocenters. The molecule has 0 saturated carbocycles. The number of nitrogens with zero attached hydrogens (tertiary/aromatic N) is 2. The molecule has 1 N–H and O–H groups in total. The van der Waals surface area contributed by atoms with Crippen molar-refractivity contribution in [1.82, 2.24) is 4.98 Å². The van der Waals surface area contributed by atoms with Crippen molar-refractivity contribution in [2.45, 2.75) is 13.8 Å². The van der Waals surface area contributed by atoms with Crippen LogP contribution in [-0.2, 0) is 0 Å². The van der Waals surface area contributed by atoms with Gasteiger partial charge in [0.05, 0.1) is 5.69 Å². The summed E-state index contributed by atoms with van der Waals surface area (Å²) in [5, 5.41) is 6.94. The Kier molecular flexibility index (Phi) is 5.38. The van der Waals surface area contributed by atoms with Gasteiger partial charge in [-0.2, -0.15) is 0 Å². The van der Waals surface area contributed by atoms with Crippen molar-refractivity contribution in [3.05, 3.63) is 58.9 Å². The van der Waals surface area contributed by atoms with E-state index in [0.717, 1.165) is 35.2 Å². The summed E-state index contributed by atoms with van der Waals surface area (Å²) >= 11 is 7.60. The molecule has 3 nitrogen and oxygen atoms in total. The molecule has 2 aromatic carbocycles. The van der Waals surface area contributed by atoms with Gasteiger partial charge in [-0.15, -0.1) is 11.3 Å². The number of hydrogen-bond acceptors (Lipinski definition) is 4. The molecule has 0 aliphatic heterocycles. The van der Waals surface area contributed by atoms with E-state index in [1.54, 1.807) is 11.3 Å². The molecule has 0 amide bonds. The lowest BCUT2D eigenvalue weighted by molar-refractivity contribution is 0.866. The second-order valence-electron chi connectivity index (χ2n) is 5.39. The molecule has 24 heavy (non-hydrogen) atoms. The Morgan fingerprint density at radius 2 is 1.83 bits per heavy atom. The molecule has 0 bridgehead atoms. The predicted molar refractivity (Wildman–Crippen MR) is 106 cm³/mol. The van der Waals surface area contributed by atoms with E-state index in [1.165, 1.54) is 5.69 Å².